The zero-order valence-corrected chi connectivity index (χ0v) is 12.7. The maximum atomic E-state index is 12.2. The number of aryl methyl sites for hydroxylation is 1. The van der Waals surface area contributed by atoms with Gasteiger partial charge in [-0.25, -0.2) is 4.79 Å². The number of anilines is 3. The van der Waals surface area contributed by atoms with Gasteiger partial charge in [0.25, 0.3) is 0 Å². The average molecular weight is 321 g/mol. The molecule has 0 bridgehead atoms. The van der Waals surface area contributed by atoms with Crippen molar-refractivity contribution in [2.75, 3.05) is 16.0 Å². The van der Waals surface area contributed by atoms with E-state index in [4.69, 9.17) is 0 Å². The average Bonchev–Trinajstić information content (AvgIpc) is 3.02. The Bertz CT molecular complexity index is 947. The van der Waals surface area contributed by atoms with E-state index >= 15 is 0 Å². The van der Waals surface area contributed by atoms with Crippen molar-refractivity contribution in [1.29, 1.82) is 0 Å². The predicted octanol–water partition coefficient (Wildman–Crippen LogP) is 3.09. The van der Waals surface area contributed by atoms with Crippen LogP contribution in [-0.4, -0.2) is 22.1 Å². The largest absolute Gasteiger partial charge is 0.326 e. The Morgan fingerprint density at radius 3 is 2.71 bits per heavy atom. The van der Waals surface area contributed by atoms with Crippen molar-refractivity contribution in [2.24, 2.45) is 0 Å². The summed E-state index contributed by atoms with van der Waals surface area (Å²) in [6.45, 7) is 0. The van der Waals surface area contributed by atoms with Crippen LogP contribution in [0.4, 0.5) is 21.9 Å². The summed E-state index contributed by atoms with van der Waals surface area (Å²) in [7, 11) is 0. The van der Waals surface area contributed by atoms with Gasteiger partial charge in [-0.15, -0.1) is 0 Å². The molecule has 0 spiro atoms. The van der Waals surface area contributed by atoms with E-state index in [0.29, 0.717) is 24.2 Å². The van der Waals surface area contributed by atoms with Crippen molar-refractivity contribution in [3.63, 3.8) is 0 Å². The molecule has 0 atom stereocenters. The van der Waals surface area contributed by atoms with E-state index in [0.717, 1.165) is 22.2 Å². The maximum Gasteiger partial charge on any atom is 0.323 e. The number of carbonyl (C=O) groups excluding carboxylic acids is 2. The number of amides is 3. The zero-order valence-electron chi connectivity index (χ0n) is 12.7. The third-order valence-electron chi connectivity index (χ3n) is 3.96. The molecular weight excluding hydrogens is 306 g/mol. The topological polar surface area (TPSA) is 98.9 Å². The fourth-order valence-electron chi connectivity index (χ4n) is 2.77. The van der Waals surface area contributed by atoms with E-state index in [-0.39, 0.29) is 11.9 Å². The first-order chi connectivity index (χ1) is 11.7. The smallest absolute Gasteiger partial charge is 0.323 e. The second-order valence-corrected chi connectivity index (χ2v) is 5.67. The van der Waals surface area contributed by atoms with Gasteiger partial charge in [-0.2, -0.15) is 5.10 Å². The number of aromatic nitrogens is 2. The fourth-order valence-corrected chi connectivity index (χ4v) is 2.77. The molecule has 2 heterocycles. The van der Waals surface area contributed by atoms with Crippen LogP contribution in [0.3, 0.4) is 0 Å². The zero-order chi connectivity index (χ0) is 16.5. The third kappa shape index (κ3) is 2.79. The van der Waals surface area contributed by atoms with Crippen molar-refractivity contribution in [2.45, 2.75) is 12.8 Å². The molecule has 4 N–H and O–H groups in total. The minimum absolute atomic E-state index is 0.0233. The normalized spacial score (nSPS) is 13.2. The van der Waals surface area contributed by atoms with Gasteiger partial charge in [0.05, 0.1) is 11.7 Å². The monoisotopic (exact) mass is 321 g/mol. The van der Waals surface area contributed by atoms with Crippen LogP contribution in [0.2, 0.25) is 0 Å². The Labute approximate surface area is 137 Å². The molecule has 0 radical (unpaired) electrons. The van der Waals surface area contributed by atoms with Gasteiger partial charge >= 0.3 is 6.03 Å². The lowest BCUT2D eigenvalue weighted by atomic mass is 10.0. The standard InChI is InChI=1S/C17H15N5O2/c23-16-6-2-10-7-12(4-5-14(10)21-16)19-17(24)20-13-3-1-11-9-18-22-15(11)8-13/h1,3-5,7-9H,2,6H2,(H,18,22)(H,21,23)(H2,19,20,24). The van der Waals surface area contributed by atoms with Crippen LogP contribution >= 0.6 is 0 Å². The SMILES string of the molecule is O=C1CCc2cc(NC(=O)Nc3ccc4cn[nH]c4c3)ccc2N1. The highest BCUT2D eigenvalue weighted by Gasteiger charge is 2.15. The second-order valence-electron chi connectivity index (χ2n) is 5.67. The molecule has 7 nitrogen and oxygen atoms in total. The number of rotatable bonds is 2. The summed E-state index contributed by atoms with van der Waals surface area (Å²) in [5.41, 5.74) is 4.05. The van der Waals surface area contributed by atoms with Gasteiger partial charge in [0, 0.05) is 28.9 Å². The van der Waals surface area contributed by atoms with Crippen LogP contribution < -0.4 is 16.0 Å². The molecule has 2 aromatic carbocycles. The second kappa shape index (κ2) is 5.69. The molecule has 4 rings (SSSR count). The number of aromatic amines is 1. The Hall–Kier alpha value is -3.35. The van der Waals surface area contributed by atoms with E-state index in [1.54, 1.807) is 18.3 Å². The van der Waals surface area contributed by atoms with Gasteiger partial charge in [0.1, 0.15) is 0 Å². The molecule has 0 saturated heterocycles. The third-order valence-corrected chi connectivity index (χ3v) is 3.96. The first-order valence-electron chi connectivity index (χ1n) is 7.61. The van der Waals surface area contributed by atoms with Crippen LogP contribution in [-0.2, 0) is 11.2 Å². The molecule has 24 heavy (non-hydrogen) atoms. The lowest BCUT2D eigenvalue weighted by molar-refractivity contribution is -0.116. The Morgan fingerprint density at radius 2 is 1.83 bits per heavy atom. The van der Waals surface area contributed by atoms with Crippen LogP contribution in [0.1, 0.15) is 12.0 Å². The Kier molecular flexibility index (Phi) is 3.38. The lowest BCUT2D eigenvalue weighted by Gasteiger charge is -2.17. The first-order valence-corrected chi connectivity index (χ1v) is 7.61. The van der Waals surface area contributed by atoms with Crippen molar-refractivity contribution in [1.82, 2.24) is 10.2 Å². The number of H-pyrrole nitrogens is 1. The van der Waals surface area contributed by atoms with Crippen LogP contribution in [0.25, 0.3) is 10.9 Å². The van der Waals surface area contributed by atoms with Gasteiger partial charge in [-0.05, 0) is 48.4 Å². The highest BCUT2D eigenvalue weighted by atomic mass is 16.2. The molecule has 0 aliphatic carbocycles. The van der Waals surface area contributed by atoms with Gasteiger partial charge in [0.15, 0.2) is 0 Å². The number of nitrogens with zero attached hydrogens (tertiary/aromatic N) is 1. The minimum atomic E-state index is -0.325. The molecule has 3 aromatic rings. The van der Waals surface area contributed by atoms with Gasteiger partial charge in [0.2, 0.25) is 5.91 Å². The molecule has 1 aliphatic rings. The highest BCUT2D eigenvalue weighted by molar-refractivity contribution is 6.01. The summed E-state index contributed by atoms with van der Waals surface area (Å²) in [5, 5.41) is 16.2. The predicted molar refractivity (Wildman–Crippen MR) is 92.1 cm³/mol. The summed E-state index contributed by atoms with van der Waals surface area (Å²) in [4.78, 5) is 23.5. The van der Waals surface area contributed by atoms with Crippen LogP contribution in [0.5, 0.6) is 0 Å². The van der Waals surface area contributed by atoms with Crippen LogP contribution in [0, 0.1) is 0 Å². The van der Waals surface area contributed by atoms with E-state index in [9.17, 15) is 9.59 Å². The molecule has 0 saturated carbocycles. The van der Waals surface area contributed by atoms with Crippen molar-refractivity contribution >= 4 is 39.9 Å². The molecule has 1 aliphatic heterocycles. The fraction of sp³-hybridized carbons (Fsp3) is 0.118. The maximum absolute atomic E-state index is 12.2. The molecule has 0 fully saturated rings. The number of benzene rings is 2. The number of fused-ring (bicyclic) bond motifs is 2. The molecule has 3 amide bonds. The summed E-state index contributed by atoms with van der Waals surface area (Å²) < 4.78 is 0. The number of hydrogen-bond donors (Lipinski definition) is 4. The summed E-state index contributed by atoms with van der Waals surface area (Å²) in [6, 6.07) is 10.7. The summed E-state index contributed by atoms with van der Waals surface area (Å²) in [6.07, 6.45) is 2.87. The van der Waals surface area contributed by atoms with Crippen molar-refractivity contribution in [3.8, 4) is 0 Å². The summed E-state index contributed by atoms with van der Waals surface area (Å²) >= 11 is 0. The molecule has 0 unspecified atom stereocenters. The number of hydrogen-bond acceptors (Lipinski definition) is 3. The molecule has 1 aromatic heterocycles. The number of carbonyl (C=O) groups is 2. The molecule has 120 valence electrons. The van der Waals surface area contributed by atoms with E-state index in [2.05, 4.69) is 26.1 Å². The van der Waals surface area contributed by atoms with Crippen molar-refractivity contribution < 1.29 is 9.59 Å². The van der Waals surface area contributed by atoms with E-state index < -0.39 is 0 Å². The van der Waals surface area contributed by atoms with Crippen molar-refractivity contribution in [3.05, 3.63) is 48.2 Å². The van der Waals surface area contributed by atoms with E-state index in [1.165, 1.54) is 0 Å². The Balaban J connectivity index is 1.46. The Morgan fingerprint density at radius 1 is 1.04 bits per heavy atom. The van der Waals surface area contributed by atoms with Gasteiger partial charge in [-0.3, -0.25) is 9.89 Å². The van der Waals surface area contributed by atoms with Gasteiger partial charge < -0.3 is 16.0 Å². The minimum Gasteiger partial charge on any atom is -0.326 e. The molecule has 7 heteroatoms. The number of nitrogens with one attached hydrogen (secondary N) is 4. The lowest BCUT2D eigenvalue weighted by Crippen LogP contribution is -2.21. The van der Waals surface area contributed by atoms with Crippen LogP contribution in [0.15, 0.2) is 42.6 Å². The quantitative estimate of drug-likeness (QED) is 0.583. The molecular formula is C17H15N5O2. The summed E-state index contributed by atoms with van der Waals surface area (Å²) in [5.74, 6) is 0.0233. The number of urea groups is 1. The highest BCUT2D eigenvalue weighted by Crippen LogP contribution is 2.25. The van der Waals surface area contributed by atoms with Gasteiger partial charge in [-0.1, -0.05) is 0 Å². The first kappa shape index (κ1) is 14.3. The van der Waals surface area contributed by atoms with E-state index in [1.807, 2.05) is 24.3 Å².